The van der Waals surface area contributed by atoms with Gasteiger partial charge in [0.25, 0.3) is 0 Å². The van der Waals surface area contributed by atoms with E-state index in [0.29, 0.717) is 12.8 Å². The second-order valence-corrected chi connectivity index (χ2v) is 8.09. The van der Waals surface area contributed by atoms with E-state index >= 15 is 0 Å². The first-order valence-corrected chi connectivity index (χ1v) is 8.74. The molecule has 7 heteroatoms. The van der Waals surface area contributed by atoms with Crippen molar-refractivity contribution in [2.45, 2.75) is 56.2 Å². The van der Waals surface area contributed by atoms with E-state index in [2.05, 4.69) is 0 Å². The molecule has 0 heterocycles. The Hall–Kier alpha value is -1.11. The molecular weight excluding hydrogens is 282 g/mol. The molecule has 1 unspecified atom stereocenters. The third kappa shape index (κ3) is 3.71. The molecule has 0 saturated heterocycles. The van der Waals surface area contributed by atoms with Crippen LogP contribution in [0.5, 0.6) is 0 Å². The van der Waals surface area contributed by atoms with Gasteiger partial charge in [-0.3, -0.25) is 9.59 Å². The molecule has 0 aromatic rings. The van der Waals surface area contributed by atoms with Gasteiger partial charge in [-0.25, -0.2) is 8.42 Å². The number of amides is 1. The van der Waals surface area contributed by atoms with Gasteiger partial charge in [0.1, 0.15) is 5.25 Å². The average molecular weight is 305 g/mol. The maximum atomic E-state index is 12.3. The molecule has 0 aliphatic heterocycles. The zero-order valence-corrected chi connectivity index (χ0v) is 13.1. The van der Waals surface area contributed by atoms with E-state index < -0.39 is 32.5 Å². The van der Waals surface area contributed by atoms with Crippen LogP contribution in [0.1, 0.15) is 45.4 Å². The monoisotopic (exact) mass is 305 g/mol. The molecule has 1 N–H and O–H groups in total. The first kappa shape index (κ1) is 16.9. The standard InChI is InChI=1S/C13H23NO5S/c1-10(20(3,18)19)12(17)14(2)13(9-11(15)16)7-5-4-6-8-13/h10H,4-9H2,1-3H3,(H,15,16). The zero-order chi connectivity index (χ0) is 15.6. The molecule has 0 bridgehead atoms. The van der Waals surface area contributed by atoms with Crippen LogP contribution in [0.2, 0.25) is 0 Å². The molecule has 0 spiro atoms. The number of carbonyl (C=O) groups excluding carboxylic acids is 1. The van der Waals surface area contributed by atoms with Crippen LogP contribution < -0.4 is 0 Å². The van der Waals surface area contributed by atoms with Crippen LogP contribution in [0.15, 0.2) is 0 Å². The molecule has 1 saturated carbocycles. The average Bonchev–Trinajstić information content (AvgIpc) is 2.35. The van der Waals surface area contributed by atoms with Crippen LogP contribution in [0, 0.1) is 0 Å². The van der Waals surface area contributed by atoms with Gasteiger partial charge in [-0.15, -0.1) is 0 Å². The summed E-state index contributed by atoms with van der Waals surface area (Å²) in [7, 11) is -1.95. The van der Waals surface area contributed by atoms with Crippen molar-refractivity contribution in [3.63, 3.8) is 0 Å². The highest BCUT2D eigenvalue weighted by Gasteiger charge is 2.42. The van der Waals surface area contributed by atoms with Gasteiger partial charge in [0, 0.05) is 13.3 Å². The zero-order valence-electron chi connectivity index (χ0n) is 12.3. The van der Waals surface area contributed by atoms with Crippen molar-refractivity contribution in [3.05, 3.63) is 0 Å². The van der Waals surface area contributed by atoms with Crippen molar-refractivity contribution in [2.24, 2.45) is 0 Å². The Labute approximate surface area is 120 Å². The minimum atomic E-state index is -3.48. The number of rotatable bonds is 5. The van der Waals surface area contributed by atoms with Crippen LogP contribution in [0.3, 0.4) is 0 Å². The summed E-state index contributed by atoms with van der Waals surface area (Å²) in [6.45, 7) is 1.35. The summed E-state index contributed by atoms with van der Waals surface area (Å²) >= 11 is 0. The number of carboxylic acids is 1. The summed E-state index contributed by atoms with van der Waals surface area (Å²) < 4.78 is 23.0. The van der Waals surface area contributed by atoms with Gasteiger partial charge < -0.3 is 10.0 Å². The number of aliphatic carboxylic acids is 1. The Morgan fingerprint density at radius 3 is 2.15 bits per heavy atom. The Bertz CT molecular complexity index is 479. The molecule has 0 aromatic heterocycles. The van der Waals surface area contributed by atoms with Crippen molar-refractivity contribution >= 4 is 21.7 Å². The number of hydrogen-bond donors (Lipinski definition) is 1. The van der Waals surface area contributed by atoms with Crippen LogP contribution in [-0.2, 0) is 19.4 Å². The van der Waals surface area contributed by atoms with E-state index in [1.165, 1.54) is 18.9 Å². The van der Waals surface area contributed by atoms with Gasteiger partial charge in [0.05, 0.1) is 12.0 Å². The van der Waals surface area contributed by atoms with E-state index in [0.717, 1.165) is 25.5 Å². The van der Waals surface area contributed by atoms with E-state index in [4.69, 9.17) is 5.11 Å². The number of sulfone groups is 1. The lowest BCUT2D eigenvalue weighted by Gasteiger charge is -2.44. The smallest absolute Gasteiger partial charge is 0.305 e. The highest BCUT2D eigenvalue weighted by molar-refractivity contribution is 7.92. The number of carboxylic acid groups (broad SMARTS) is 1. The fourth-order valence-corrected chi connectivity index (χ4v) is 3.34. The van der Waals surface area contributed by atoms with E-state index in [-0.39, 0.29) is 6.42 Å². The SMILES string of the molecule is CC(C(=O)N(C)C1(CC(=O)O)CCCCC1)S(C)(=O)=O. The molecule has 0 aromatic carbocycles. The summed E-state index contributed by atoms with van der Waals surface area (Å²) in [5.74, 6) is -1.48. The van der Waals surface area contributed by atoms with Gasteiger partial charge in [-0.2, -0.15) is 0 Å². The Morgan fingerprint density at radius 1 is 1.25 bits per heavy atom. The summed E-state index contributed by atoms with van der Waals surface area (Å²) in [4.78, 5) is 24.8. The molecule has 1 aliphatic carbocycles. The molecule has 1 fully saturated rings. The molecule has 0 radical (unpaired) electrons. The fraction of sp³-hybridized carbons (Fsp3) is 0.846. The van der Waals surface area contributed by atoms with Crippen LogP contribution in [-0.4, -0.2) is 54.4 Å². The minimum Gasteiger partial charge on any atom is -0.481 e. The molecule has 20 heavy (non-hydrogen) atoms. The van der Waals surface area contributed by atoms with Crippen molar-refractivity contribution in [2.75, 3.05) is 13.3 Å². The van der Waals surface area contributed by atoms with Crippen molar-refractivity contribution in [3.8, 4) is 0 Å². The maximum Gasteiger partial charge on any atom is 0.305 e. The lowest BCUT2D eigenvalue weighted by molar-refractivity contribution is -0.145. The minimum absolute atomic E-state index is 0.133. The lowest BCUT2D eigenvalue weighted by atomic mass is 9.78. The molecule has 116 valence electrons. The Morgan fingerprint density at radius 2 is 1.75 bits per heavy atom. The topological polar surface area (TPSA) is 91.8 Å². The molecule has 1 rings (SSSR count). The van der Waals surface area contributed by atoms with Gasteiger partial charge in [-0.05, 0) is 19.8 Å². The number of carbonyl (C=O) groups is 2. The van der Waals surface area contributed by atoms with Crippen molar-refractivity contribution < 1.29 is 23.1 Å². The molecule has 1 aliphatic rings. The highest BCUT2D eigenvalue weighted by atomic mass is 32.2. The van der Waals surface area contributed by atoms with Crippen molar-refractivity contribution in [1.29, 1.82) is 0 Å². The van der Waals surface area contributed by atoms with Gasteiger partial charge in [-0.1, -0.05) is 19.3 Å². The molecule has 6 nitrogen and oxygen atoms in total. The van der Waals surface area contributed by atoms with Crippen molar-refractivity contribution in [1.82, 2.24) is 4.90 Å². The predicted molar refractivity (Wildman–Crippen MR) is 75.1 cm³/mol. The fourth-order valence-electron chi connectivity index (χ4n) is 2.81. The van der Waals surface area contributed by atoms with Gasteiger partial charge in [0.15, 0.2) is 9.84 Å². The second-order valence-electron chi connectivity index (χ2n) is 5.72. The number of nitrogens with zero attached hydrogens (tertiary/aromatic N) is 1. The van der Waals surface area contributed by atoms with E-state index in [9.17, 15) is 18.0 Å². The third-order valence-corrected chi connectivity index (χ3v) is 5.78. The Kier molecular flexibility index (Phi) is 5.18. The van der Waals surface area contributed by atoms with Crippen LogP contribution in [0.25, 0.3) is 0 Å². The third-order valence-electron chi connectivity index (χ3n) is 4.30. The lowest BCUT2D eigenvalue weighted by Crippen LogP contribution is -2.55. The summed E-state index contributed by atoms with van der Waals surface area (Å²) in [5, 5.41) is 7.97. The first-order chi connectivity index (χ1) is 9.10. The second kappa shape index (κ2) is 6.11. The Balaban J connectivity index is 3.01. The van der Waals surface area contributed by atoms with Gasteiger partial charge in [0.2, 0.25) is 5.91 Å². The maximum absolute atomic E-state index is 12.3. The van der Waals surface area contributed by atoms with E-state index in [1.54, 1.807) is 0 Å². The highest BCUT2D eigenvalue weighted by Crippen LogP contribution is 2.36. The van der Waals surface area contributed by atoms with E-state index in [1.807, 2.05) is 0 Å². The molecule has 1 atom stereocenters. The largest absolute Gasteiger partial charge is 0.481 e. The molecular formula is C13H23NO5S. The predicted octanol–water partition coefficient (Wildman–Crippen LogP) is 1.06. The quantitative estimate of drug-likeness (QED) is 0.820. The van der Waals surface area contributed by atoms with Crippen LogP contribution >= 0.6 is 0 Å². The first-order valence-electron chi connectivity index (χ1n) is 6.78. The summed E-state index contributed by atoms with van der Waals surface area (Å²) in [6, 6.07) is 0. The van der Waals surface area contributed by atoms with Gasteiger partial charge >= 0.3 is 5.97 Å². The van der Waals surface area contributed by atoms with Crippen LogP contribution in [0.4, 0.5) is 0 Å². The summed E-state index contributed by atoms with van der Waals surface area (Å²) in [5.41, 5.74) is -0.750. The summed E-state index contributed by atoms with van der Waals surface area (Å²) in [6.07, 6.45) is 4.84. The molecule has 1 amide bonds. The normalized spacial score (nSPS) is 20.1. The number of hydrogen-bond acceptors (Lipinski definition) is 4.